The molecule has 3 saturated heterocycles. The van der Waals surface area contributed by atoms with E-state index in [0.717, 1.165) is 68.6 Å². The Labute approximate surface area is 224 Å². The van der Waals surface area contributed by atoms with Crippen LogP contribution in [-0.2, 0) is 10.2 Å². The van der Waals surface area contributed by atoms with Crippen molar-refractivity contribution in [1.82, 2.24) is 19.4 Å². The van der Waals surface area contributed by atoms with Gasteiger partial charge in [0, 0.05) is 18.1 Å². The fraction of sp³-hybridized carbons (Fsp3) is 0.548. The molecule has 4 heterocycles. The molecule has 2 bridgehead atoms. The third-order valence-corrected chi connectivity index (χ3v) is 9.94. The first-order valence-corrected chi connectivity index (χ1v) is 14.3. The van der Waals surface area contributed by atoms with Crippen LogP contribution >= 0.6 is 0 Å². The second-order valence-electron chi connectivity index (χ2n) is 11.9. The fourth-order valence-corrected chi connectivity index (χ4v) is 7.79. The van der Waals surface area contributed by atoms with Crippen molar-refractivity contribution in [2.75, 3.05) is 19.6 Å². The number of fused-ring (bicyclic) bond motifs is 3. The van der Waals surface area contributed by atoms with Gasteiger partial charge in [0.2, 0.25) is 0 Å². The topological polar surface area (TPSA) is 61.6 Å². The molecule has 1 aromatic heterocycles. The average molecular weight is 519 g/mol. The van der Waals surface area contributed by atoms with Gasteiger partial charge in [-0.1, -0.05) is 24.3 Å². The number of aliphatic carboxylic acids is 1. The van der Waals surface area contributed by atoms with Crippen LogP contribution in [0.4, 0.5) is 4.39 Å². The van der Waals surface area contributed by atoms with E-state index in [0.29, 0.717) is 18.1 Å². The van der Waals surface area contributed by atoms with Crippen LogP contribution in [0, 0.1) is 12.7 Å². The van der Waals surface area contributed by atoms with Crippen LogP contribution < -0.4 is 0 Å². The fourth-order valence-electron chi connectivity index (χ4n) is 7.79. The number of carboxylic acid groups (broad SMARTS) is 1. The Morgan fingerprint density at radius 2 is 1.79 bits per heavy atom. The van der Waals surface area contributed by atoms with Gasteiger partial charge in [0.1, 0.15) is 17.7 Å². The Morgan fingerprint density at radius 1 is 1.08 bits per heavy atom. The lowest BCUT2D eigenvalue weighted by Crippen LogP contribution is -2.50. The number of halogens is 1. The summed E-state index contributed by atoms with van der Waals surface area (Å²) in [6, 6.07) is 16.7. The van der Waals surface area contributed by atoms with Crippen LogP contribution in [0.25, 0.3) is 11.0 Å². The summed E-state index contributed by atoms with van der Waals surface area (Å²) in [6.07, 6.45) is 7.48. The molecule has 0 spiro atoms. The number of imidazole rings is 1. The highest BCUT2D eigenvalue weighted by Crippen LogP contribution is 2.45. The van der Waals surface area contributed by atoms with Gasteiger partial charge in [0.25, 0.3) is 0 Å². The number of nitrogens with zero attached hydrogens (tertiary/aromatic N) is 4. The molecule has 0 aliphatic carbocycles. The Kier molecular flexibility index (Phi) is 6.77. The van der Waals surface area contributed by atoms with Crippen molar-refractivity contribution >= 4 is 17.0 Å². The third-order valence-electron chi connectivity index (χ3n) is 9.94. The van der Waals surface area contributed by atoms with Crippen molar-refractivity contribution < 1.29 is 14.3 Å². The van der Waals surface area contributed by atoms with Gasteiger partial charge in [0.15, 0.2) is 0 Å². The molecule has 4 atom stereocenters. The summed E-state index contributed by atoms with van der Waals surface area (Å²) in [5.41, 5.74) is 3.28. The summed E-state index contributed by atoms with van der Waals surface area (Å²) < 4.78 is 16.8. The molecule has 0 saturated carbocycles. The van der Waals surface area contributed by atoms with Crippen LogP contribution in [0.15, 0.2) is 48.5 Å². The van der Waals surface area contributed by atoms with E-state index in [1.54, 1.807) is 13.0 Å². The van der Waals surface area contributed by atoms with Crippen LogP contribution in [0.5, 0.6) is 0 Å². The third kappa shape index (κ3) is 4.54. The number of benzene rings is 2. The van der Waals surface area contributed by atoms with E-state index in [1.165, 1.54) is 24.4 Å². The molecule has 0 amide bonds. The highest BCUT2D eigenvalue weighted by Gasteiger charge is 2.44. The number of para-hydroxylation sites is 2. The lowest BCUT2D eigenvalue weighted by atomic mass is 9.70. The lowest BCUT2D eigenvalue weighted by Gasteiger charge is -2.46. The smallest absolute Gasteiger partial charge is 0.320 e. The van der Waals surface area contributed by atoms with Gasteiger partial charge in [-0.05, 0) is 114 Å². The van der Waals surface area contributed by atoms with Crippen molar-refractivity contribution in [2.45, 2.75) is 88.4 Å². The second kappa shape index (κ2) is 10.1. The van der Waals surface area contributed by atoms with E-state index in [2.05, 4.69) is 51.6 Å². The van der Waals surface area contributed by atoms with Crippen LogP contribution in [-0.4, -0.2) is 68.2 Å². The summed E-state index contributed by atoms with van der Waals surface area (Å²) in [4.78, 5) is 21.2. The first-order valence-electron chi connectivity index (χ1n) is 14.3. The largest absolute Gasteiger partial charge is 0.480 e. The molecule has 0 radical (unpaired) electrons. The van der Waals surface area contributed by atoms with E-state index < -0.39 is 12.0 Å². The summed E-state index contributed by atoms with van der Waals surface area (Å²) in [5.74, 6) is 0.145. The summed E-state index contributed by atoms with van der Waals surface area (Å²) >= 11 is 0. The van der Waals surface area contributed by atoms with Crippen molar-refractivity contribution in [2.24, 2.45) is 0 Å². The number of aryl methyl sites for hydroxylation is 1. The zero-order valence-corrected chi connectivity index (χ0v) is 22.5. The normalized spacial score (nSPS) is 26.6. The van der Waals surface area contributed by atoms with Crippen LogP contribution in [0.2, 0.25) is 0 Å². The molecule has 1 unspecified atom stereocenters. The number of likely N-dealkylation sites (tertiary alicyclic amines) is 1. The number of carboxylic acids is 1. The van der Waals surface area contributed by atoms with E-state index in [1.807, 2.05) is 6.07 Å². The lowest BCUT2D eigenvalue weighted by molar-refractivity contribution is -0.143. The minimum Gasteiger partial charge on any atom is -0.480 e. The minimum atomic E-state index is -0.774. The van der Waals surface area contributed by atoms with Gasteiger partial charge in [-0.2, -0.15) is 0 Å². The molecule has 6 nitrogen and oxygen atoms in total. The molecule has 3 aliphatic heterocycles. The van der Waals surface area contributed by atoms with Gasteiger partial charge in [0.05, 0.1) is 11.0 Å². The predicted molar refractivity (Wildman–Crippen MR) is 147 cm³/mol. The maximum Gasteiger partial charge on any atom is 0.320 e. The van der Waals surface area contributed by atoms with Crippen molar-refractivity contribution in [3.8, 4) is 0 Å². The molecule has 2 aromatic carbocycles. The summed E-state index contributed by atoms with van der Waals surface area (Å²) in [6.45, 7) is 6.37. The molecule has 1 N–H and O–H groups in total. The minimum absolute atomic E-state index is 0.121. The molecule has 3 fully saturated rings. The zero-order valence-electron chi connectivity index (χ0n) is 22.5. The predicted octanol–water partition coefficient (Wildman–Crippen LogP) is 5.55. The molecule has 3 aliphatic rings. The van der Waals surface area contributed by atoms with Gasteiger partial charge in [-0.3, -0.25) is 14.6 Å². The molecule has 6 rings (SSSR count). The van der Waals surface area contributed by atoms with Gasteiger partial charge in [-0.25, -0.2) is 9.37 Å². The summed E-state index contributed by atoms with van der Waals surface area (Å²) in [7, 11) is 0. The highest BCUT2D eigenvalue weighted by atomic mass is 19.1. The number of rotatable bonds is 7. The highest BCUT2D eigenvalue weighted by molar-refractivity contribution is 5.76. The number of aromatic nitrogens is 2. The average Bonchev–Trinajstić information content (AvgIpc) is 3.37. The molecular weight excluding hydrogens is 479 g/mol. The first kappa shape index (κ1) is 25.5. The number of carbonyl (C=O) groups is 1. The molecule has 202 valence electrons. The van der Waals surface area contributed by atoms with Gasteiger partial charge < -0.3 is 9.67 Å². The van der Waals surface area contributed by atoms with Crippen molar-refractivity contribution in [1.29, 1.82) is 0 Å². The van der Waals surface area contributed by atoms with E-state index in [9.17, 15) is 14.3 Å². The standard InChI is InChI=1S/C31H39FN4O2/c1-21(30(37)38)34-15-12-31(13-16-34,23-6-5-7-24(32)18-23)14-17-35-25-10-11-26(35)20-27(19-25)36-22(2)33-28-8-3-4-9-29(28)36/h3-9,18,21,25-27H,10-17,19-20H2,1-2H3,(H,37,38)/t21?,25-,26+,27+. The number of hydrogen-bond donors (Lipinski definition) is 1. The van der Waals surface area contributed by atoms with E-state index in [4.69, 9.17) is 4.98 Å². The number of hydrogen-bond acceptors (Lipinski definition) is 4. The maximum atomic E-state index is 14.3. The monoisotopic (exact) mass is 518 g/mol. The molecule has 7 heteroatoms. The summed E-state index contributed by atoms with van der Waals surface area (Å²) in [5, 5.41) is 9.52. The van der Waals surface area contributed by atoms with Crippen molar-refractivity contribution in [3.63, 3.8) is 0 Å². The Balaban J connectivity index is 1.19. The molecule has 3 aromatic rings. The Bertz CT molecular complexity index is 1300. The quantitative estimate of drug-likeness (QED) is 0.445. The Hall–Kier alpha value is -2.77. The van der Waals surface area contributed by atoms with Gasteiger partial charge >= 0.3 is 5.97 Å². The van der Waals surface area contributed by atoms with Gasteiger partial charge in [-0.15, -0.1) is 0 Å². The van der Waals surface area contributed by atoms with E-state index >= 15 is 0 Å². The number of piperidine rings is 2. The molecule has 38 heavy (non-hydrogen) atoms. The second-order valence-corrected chi connectivity index (χ2v) is 11.9. The maximum absolute atomic E-state index is 14.3. The Morgan fingerprint density at radius 3 is 2.47 bits per heavy atom. The van der Waals surface area contributed by atoms with E-state index in [-0.39, 0.29) is 11.2 Å². The zero-order chi connectivity index (χ0) is 26.4. The van der Waals surface area contributed by atoms with Crippen molar-refractivity contribution in [3.05, 3.63) is 65.7 Å². The first-order chi connectivity index (χ1) is 18.3. The molecular formula is C31H39FN4O2. The SMILES string of the molecule is Cc1nc2ccccc2n1[C@H]1C[C@H]2CC[C@@H](C1)N2CCC1(c2cccc(F)c2)CCN(C(C)C(=O)O)CC1. The van der Waals surface area contributed by atoms with Crippen LogP contribution in [0.1, 0.15) is 69.3 Å². The van der Waals surface area contributed by atoms with Crippen LogP contribution in [0.3, 0.4) is 0 Å².